The lowest BCUT2D eigenvalue weighted by atomic mass is 9.94. The molecular formula is C19H23N3O3S2. The zero-order valence-electron chi connectivity index (χ0n) is 15.8. The first-order valence-electron chi connectivity index (χ1n) is 8.58. The molecule has 144 valence electrons. The average Bonchev–Trinajstić information content (AvgIpc) is 3.21. The summed E-state index contributed by atoms with van der Waals surface area (Å²) < 4.78 is 26.0. The summed E-state index contributed by atoms with van der Waals surface area (Å²) in [4.78, 5) is 14.0. The fraction of sp³-hybridized carbons (Fsp3) is 0.368. The summed E-state index contributed by atoms with van der Waals surface area (Å²) >= 11 is 1.58. The molecule has 0 spiro atoms. The third-order valence-electron chi connectivity index (χ3n) is 4.16. The van der Waals surface area contributed by atoms with Crippen LogP contribution in [0.15, 0.2) is 46.9 Å². The summed E-state index contributed by atoms with van der Waals surface area (Å²) in [5.74, 6) is -0.0653. The first-order chi connectivity index (χ1) is 12.6. The van der Waals surface area contributed by atoms with Crippen molar-refractivity contribution >= 4 is 38.7 Å². The zero-order valence-corrected chi connectivity index (χ0v) is 17.4. The Balaban J connectivity index is 2.03. The van der Waals surface area contributed by atoms with Gasteiger partial charge in [-0.1, -0.05) is 45.0 Å². The van der Waals surface area contributed by atoms with E-state index in [4.69, 9.17) is 0 Å². The first-order valence-corrected chi connectivity index (χ1v) is 11.3. The molecule has 3 rings (SSSR count). The van der Waals surface area contributed by atoms with E-state index in [1.165, 1.54) is 0 Å². The number of amides is 1. The van der Waals surface area contributed by atoms with E-state index in [1.54, 1.807) is 28.5 Å². The molecule has 1 atom stereocenters. The van der Waals surface area contributed by atoms with Crippen molar-refractivity contribution in [1.82, 2.24) is 5.01 Å². The van der Waals surface area contributed by atoms with E-state index < -0.39 is 15.4 Å². The largest absolute Gasteiger partial charge is 0.283 e. The molecule has 1 unspecified atom stereocenters. The molecule has 1 aromatic carbocycles. The van der Waals surface area contributed by atoms with Gasteiger partial charge in [-0.15, -0.1) is 11.3 Å². The molecule has 0 fully saturated rings. The maximum Gasteiger partial charge on any atom is 0.248 e. The van der Waals surface area contributed by atoms with Crippen molar-refractivity contribution in [2.24, 2.45) is 10.5 Å². The van der Waals surface area contributed by atoms with Gasteiger partial charge in [-0.25, -0.2) is 13.4 Å². The van der Waals surface area contributed by atoms with E-state index in [0.29, 0.717) is 23.4 Å². The standard InChI is InChI=1S/C19H23N3O3S2/c1-19(2,3)18(23)22-16(17-10-7-11-26-17)12-15(20-22)13-8-5-6-9-14(13)21-27(4,24)25/h5-11,16,21H,12H2,1-4H3. The number of anilines is 1. The highest BCUT2D eigenvalue weighted by atomic mass is 32.2. The second-order valence-corrected chi connectivity index (χ2v) is 10.3. The SMILES string of the molecule is CC(C)(C)C(=O)N1N=C(c2ccccc2NS(C)(=O)=O)CC1c1cccs1. The maximum absolute atomic E-state index is 13.0. The fourth-order valence-corrected chi connectivity index (χ4v) is 4.32. The minimum Gasteiger partial charge on any atom is -0.283 e. The summed E-state index contributed by atoms with van der Waals surface area (Å²) in [7, 11) is -3.42. The van der Waals surface area contributed by atoms with Crippen molar-refractivity contribution in [3.63, 3.8) is 0 Å². The molecule has 1 aliphatic heterocycles. The number of para-hydroxylation sites is 1. The quantitative estimate of drug-likeness (QED) is 0.839. The number of nitrogens with zero attached hydrogens (tertiary/aromatic N) is 2. The molecule has 6 nitrogen and oxygen atoms in total. The van der Waals surface area contributed by atoms with Gasteiger partial charge in [-0.2, -0.15) is 5.10 Å². The number of rotatable bonds is 4. The Morgan fingerprint density at radius 2 is 1.93 bits per heavy atom. The number of benzene rings is 1. The van der Waals surface area contributed by atoms with E-state index in [2.05, 4.69) is 9.82 Å². The predicted octanol–water partition coefficient (Wildman–Crippen LogP) is 3.84. The molecule has 0 saturated heterocycles. The number of nitrogens with one attached hydrogen (secondary N) is 1. The van der Waals surface area contributed by atoms with Crippen LogP contribution in [0, 0.1) is 5.41 Å². The lowest BCUT2D eigenvalue weighted by Crippen LogP contribution is -2.36. The van der Waals surface area contributed by atoms with Crippen molar-refractivity contribution in [1.29, 1.82) is 0 Å². The van der Waals surface area contributed by atoms with Gasteiger partial charge < -0.3 is 0 Å². The third-order valence-corrected chi connectivity index (χ3v) is 5.73. The number of hydrogen-bond acceptors (Lipinski definition) is 5. The van der Waals surface area contributed by atoms with Crippen LogP contribution in [0.3, 0.4) is 0 Å². The molecule has 2 heterocycles. The molecule has 1 N–H and O–H groups in total. The highest BCUT2D eigenvalue weighted by Crippen LogP contribution is 2.38. The van der Waals surface area contributed by atoms with Crippen LogP contribution in [-0.2, 0) is 14.8 Å². The van der Waals surface area contributed by atoms with Gasteiger partial charge in [0.15, 0.2) is 0 Å². The lowest BCUT2D eigenvalue weighted by Gasteiger charge is -2.27. The van der Waals surface area contributed by atoms with Crippen LogP contribution in [-0.4, -0.2) is 31.3 Å². The molecule has 1 aromatic heterocycles. The topological polar surface area (TPSA) is 78.8 Å². The summed E-state index contributed by atoms with van der Waals surface area (Å²) in [5, 5.41) is 8.16. The molecule has 0 bridgehead atoms. The maximum atomic E-state index is 13.0. The Morgan fingerprint density at radius 3 is 2.52 bits per heavy atom. The summed E-state index contributed by atoms with van der Waals surface area (Å²) in [5.41, 5.74) is 1.28. The molecule has 0 saturated carbocycles. The Labute approximate surface area is 164 Å². The van der Waals surface area contributed by atoms with E-state index in [1.807, 2.05) is 50.4 Å². The van der Waals surface area contributed by atoms with E-state index in [0.717, 1.165) is 11.1 Å². The average molecular weight is 406 g/mol. The number of hydrogen-bond donors (Lipinski definition) is 1. The molecule has 27 heavy (non-hydrogen) atoms. The second-order valence-electron chi connectivity index (χ2n) is 7.60. The molecule has 0 aliphatic carbocycles. The van der Waals surface area contributed by atoms with Gasteiger partial charge in [-0.3, -0.25) is 9.52 Å². The monoisotopic (exact) mass is 405 g/mol. The van der Waals surface area contributed by atoms with Crippen LogP contribution >= 0.6 is 11.3 Å². The fourth-order valence-electron chi connectivity index (χ4n) is 2.93. The first kappa shape index (κ1) is 19.6. The van der Waals surface area contributed by atoms with Crippen molar-refractivity contribution in [3.8, 4) is 0 Å². The molecule has 8 heteroatoms. The summed E-state index contributed by atoms with van der Waals surface area (Å²) in [6.45, 7) is 5.61. The van der Waals surface area contributed by atoms with Crippen LogP contribution in [0.4, 0.5) is 5.69 Å². The van der Waals surface area contributed by atoms with Crippen LogP contribution < -0.4 is 4.72 Å². The van der Waals surface area contributed by atoms with Crippen molar-refractivity contribution in [2.45, 2.75) is 33.2 Å². The Morgan fingerprint density at radius 1 is 1.22 bits per heavy atom. The molecular weight excluding hydrogens is 382 g/mol. The minimum absolute atomic E-state index is 0.0653. The van der Waals surface area contributed by atoms with Gasteiger partial charge in [0.25, 0.3) is 0 Å². The van der Waals surface area contributed by atoms with Crippen LogP contribution in [0.1, 0.15) is 43.7 Å². The Kier molecular flexibility index (Phi) is 5.14. The third kappa shape index (κ3) is 4.39. The number of carbonyl (C=O) groups is 1. The minimum atomic E-state index is -3.42. The summed E-state index contributed by atoms with van der Waals surface area (Å²) in [6.07, 6.45) is 1.65. The van der Waals surface area contributed by atoms with E-state index >= 15 is 0 Å². The lowest BCUT2D eigenvalue weighted by molar-refractivity contribution is -0.141. The number of hydrazone groups is 1. The highest BCUT2D eigenvalue weighted by molar-refractivity contribution is 7.92. The van der Waals surface area contributed by atoms with Gasteiger partial charge in [0, 0.05) is 22.3 Å². The van der Waals surface area contributed by atoms with Gasteiger partial charge in [0.2, 0.25) is 15.9 Å². The molecule has 1 aliphatic rings. The second kappa shape index (κ2) is 7.09. The van der Waals surface area contributed by atoms with Gasteiger partial charge >= 0.3 is 0 Å². The molecule has 0 radical (unpaired) electrons. The van der Waals surface area contributed by atoms with Crippen molar-refractivity contribution in [2.75, 3.05) is 11.0 Å². The van der Waals surface area contributed by atoms with Crippen molar-refractivity contribution in [3.05, 3.63) is 52.2 Å². The normalized spacial score (nSPS) is 17.7. The van der Waals surface area contributed by atoms with Crippen molar-refractivity contribution < 1.29 is 13.2 Å². The smallest absolute Gasteiger partial charge is 0.248 e. The van der Waals surface area contributed by atoms with Gasteiger partial charge in [-0.05, 0) is 17.5 Å². The highest BCUT2D eigenvalue weighted by Gasteiger charge is 2.38. The van der Waals surface area contributed by atoms with Gasteiger partial charge in [0.1, 0.15) is 0 Å². The molecule has 2 aromatic rings. The summed E-state index contributed by atoms with van der Waals surface area (Å²) in [6, 6.07) is 10.9. The van der Waals surface area contributed by atoms with Crippen LogP contribution in [0.5, 0.6) is 0 Å². The predicted molar refractivity (Wildman–Crippen MR) is 109 cm³/mol. The van der Waals surface area contributed by atoms with E-state index in [-0.39, 0.29) is 11.9 Å². The number of carbonyl (C=O) groups excluding carboxylic acids is 1. The Hall–Kier alpha value is -2.19. The van der Waals surface area contributed by atoms with E-state index in [9.17, 15) is 13.2 Å². The number of thiophene rings is 1. The van der Waals surface area contributed by atoms with Gasteiger partial charge in [0.05, 0.1) is 23.7 Å². The Bertz CT molecular complexity index is 974. The van der Waals surface area contributed by atoms with Crippen LogP contribution in [0.2, 0.25) is 0 Å². The van der Waals surface area contributed by atoms with Crippen LogP contribution in [0.25, 0.3) is 0 Å². The molecule has 1 amide bonds. The zero-order chi connectivity index (χ0) is 19.8. The number of sulfonamides is 1.